The van der Waals surface area contributed by atoms with Crippen molar-refractivity contribution in [2.75, 3.05) is 26.4 Å². The number of nitrogens with one attached hydrogen (secondary N) is 1. The highest BCUT2D eigenvalue weighted by Gasteiger charge is 2.35. The average molecular weight is 203 g/mol. The highest BCUT2D eigenvalue weighted by Crippen LogP contribution is 2.30. The van der Waals surface area contributed by atoms with Crippen molar-refractivity contribution in [3.05, 3.63) is 0 Å². The van der Waals surface area contributed by atoms with Crippen LogP contribution >= 0.6 is 0 Å². The van der Waals surface area contributed by atoms with E-state index in [1.54, 1.807) is 0 Å². The number of aliphatic hydroxyl groups is 2. The summed E-state index contributed by atoms with van der Waals surface area (Å²) in [5.74, 6) is 0. The molecule has 14 heavy (non-hydrogen) atoms. The van der Waals surface area contributed by atoms with E-state index < -0.39 is 6.10 Å². The van der Waals surface area contributed by atoms with Gasteiger partial charge in [-0.05, 0) is 26.2 Å². The lowest BCUT2D eigenvalue weighted by Gasteiger charge is -2.41. The summed E-state index contributed by atoms with van der Waals surface area (Å²) in [7, 11) is 0. The molecule has 0 amide bonds. The van der Waals surface area contributed by atoms with Gasteiger partial charge in [-0.2, -0.15) is 0 Å². The molecule has 0 bridgehead atoms. The Kier molecular flexibility index (Phi) is 4.81. The van der Waals surface area contributed by atoms with E-state index in [0.717, 1.165) is 19.3 Å². The second kappa shape index (κ2) is 5.66. The zero-order valence-electron chi connectivity index (χ0n) is 8.83. The summed E-state index contributed by atoms with van der Waals surface area (Å²) < 4.78 is 5.09. The molecule has 84 valence electrons. The molecule has 1 saturated carbocycles. The fraction of sp³-hybridized carbons (Fsp3) is 1.00. The van der Waals surface area contributed by atoms with E-state index in [1.165, 1.54) is 0 Å². The van der Waals surface area contributed by atoms with Crippen LogP contribution in [-0.4, -0.2) is 48.2 Å². The molecule has 1 unspecified atom stereocenters. The Labute approximate surface area is 85.3 Å². The molecular formula is C10H21NO3. The maximum Gasteiger partial charge on any atom is 0.0897 e. The smallest absolute Gasteiger partial charge is 0.0897 e. The van der Waals surface area contributed by atoms with E-state index in [4.69, 9.17) is 9.84 Å². The van der Waals surface area contributed by atoms with Gasteiger partial charge in [0.1, 0.15) is 0 Å². The number of ether oxygens (including phenoxy) is 1. The maximum absolute atomic E-state index is 9.49. The predicted molar refractivity (Wildman–Crippen MR) is 54.2 cm³/mol. The van der Waals surface area contributed by atoms with E-state index in [-0.39, 0.29) is 12.1 Å². The van der Waals surface area contributed by atoms with Crippen LogP contribution in [0.3, 0.4) is 0 Å². The van der Waals surface area contributed by atoms with Crippen LogP contribution < -0.4 is 5.32 Å². The van der Waals surface area contributed by atoms with Crippen LogP contribution in [0.2, 0.25) is 0 Å². The molecule has 1 aliphatic carbocycles. The molecule has 4 heteroatoms. The summed E-state index contributed by atoms with van der Waals surface area (Å²) in [5, 5.41) is 21.9. The Morgan fingerprint density at radius 2 is 2.21 bits per heavy atom. The van der Waals surface area contributed by atoms with Crippen molar-refractivity contribution in [1.82, 2.24) is 5.32 Å². The first kappa shape index (κ1) is 11.9. The molecule has 0 aromatic carbocycles. The quantitative estimate of drug-likeness (QED) is 0.540. The lowest BCUT2D eigenvalue weighted by molar-refractivity contribution is 0.0232. The number of hydrogen-bond donors (Lipinski definition) is 3. The minimum Gasteiger partial charge on any atom is -0.394 e. The summed E-state index contributed by atoms with van der Waals surface area (Å²) in [6.07, 6.45) is 2.70. The highest BCUT2D eigenvalue weighted by atomic mass is 16.5. The standard InChI is InChI=1S/C10H21NO3/c1-2-14-7-9(13)6-11-10(8-12)4-3-5-10/h9,11-13H,2-8H2,1H3. The first-order valence-electron chi connectivity index (χ1n) is 5.34. The molecule has 0 aliphatic heterocycles. The van der Waals surface area contributed by atoms with Crippen molar-refractivity contribution in [2.45, 2.75) is 37.8 Å². The molecule has 0 spiro atoms. The van der Waals surface area contributed by atoms with Gasteiger partial charge in [0, 0.05) is 18.7 Å². The van der Waals surface area contributed by atoms with Gasteiger partial charge in [-0.1, -0.05) is 0 Å². The van der Waals surface area contributed by atoms with Crippen LogP contribution in [0, 0.1) is 0 Å². The molecule has 0 saturated heterocycles. The van der Waals surface area contributed by atoms with Crippen LogP contribution in [0.15, 0.2) is 0 Å². The topological polar surface area (TPSA) is 61.7 Å². The normalized spacial score (nSPS) is 21.6. The lowest BCUT2D eigenvalue weighted by Crippen LogP contribution is -2.56. The minimum atomic E-state index is -0.473. The summed E-state index contributed by atoms with van der Waals surface area (Å²) in [6.45, 7) is 3.56. The van der Waals surface area contributed by atoms with E-state index in [0.29, 0.717) is 19.8 Å². The van der Waals surface area contributed by atoms with Crippen molar-refractivity contribution < 1.29 is 14.9 Å². The third kappa shape index (κ3) is 3.20. The Morgan fingerprint density at radius 1 is 1.50 bits per heavy atom. The molecule has 1 aliphatic rings. The fourth-order valence-electron chi connectivity index (χ4n) is 1.64. The third-order valence-corrected chi connectivity index (χ3v) is 2.84. The lowest BCUT2D eigenvalue weighted by atomic mass is 9.77. The van der Waals surface area contributed by atoms with Crippen molar-refractivity contribution in [3.8, 4) is 0 Å². The Balaban J connectivity index is 2.12. The van der Waals surface area contributed by atoms with Crippen LogP contribution in [0.1, 0.15) is 26.2 Å². The fourth-order valence-corrected chi connectivity index (χ4v) is 1.64. The molecule has 1 fully saturated rings. The second-order valence-corrected chi connectivity index (χ2v) is 3.99. The summed E-state index contributed by atoms with van der Waals surface area (Å²) in [4.78, 5) is 0. The monoisotopic (exact) mass is 203 g/mol. The molecule has 0 aromatic heterocycles. The molecule has 3 N–H and O–H groups in total. The Hall–Kier alpha value is -0.160. The van der Waals surface area contributed by atoms with E-state index in [2.05, 4.69) is 5.32 Å². The van der Waals surface area contributed by atoms with Crippen molar-refractivity contribution in [1.29, 1.82) is 0 Å². The van der Waals surface area contributed by atoms with Gasteiger partial charge in [0.25, 0.3) is 0 Å². The van der Waals surface area contributed by atoms with E-state index in [1.807, 2.05) is 6.92 Å². The van der Waals surface area contributed by atoms with Crippen molar-refractivity contribution in [2.24, 2.45) is 0 Å². The average Bonchev–Trinajstić information content (AvgIpc) is 2.14. The van der Waals surface area contributed by atoms with Gasteiger partial charge in [-0.15, -0.1) is 0 Å². The molecule has 0 aromatic rings. The van der Waals surface area contributed by atoms with Gasteiger partial charge >= 0.3 is 0 Å². The Morgan fingerprint density at radius 3 is 2.64 bits per heavy atom. The second-order valence-electron chi connectivity index (χ2n) is 3.99. The van der Waals surface area contributed by atoms with Gasteiger partial charge in [-0.3, -0.25) is 0 Å². The number of hydrogen-bond acceptors (Lipinski definition) is 4. The zero-order chi connectivity index (χ0) is 10.4. The largest absolute Gasteiger partial charge is 0.394 e. The molecule has 1 rings (SSSR count). The summed E-state index contributed by atoms with van der Waals surface area (Å²) in [5.41, 5.74) is -0.118. The third-order valence-electron chi connectivity index (χ3n) is 2.84. The van der Waals surface area contributed by atoms with Crippen LogP contribution in [0.25, 0.3) is 0 Å². The van der Waals surface area contributed by atoms with Crippen LogP contribution in [-0.2, 0) is 4.74 Å². The zero-order valence-corrected chi connectivity index (χ0v) is 8.83. The Bertz CT molecular complexity index is 154. The van der Waals surface area contributed by atoms with E-state index >= 15 is 0 Å². The summed E-state index contributed by atoms with van der Waals surface area (Å²) in [6, 6.07) is 0. The molecule has 1 atom stereocenters. The molecule has 0 heterocycles. The summed E-state index contributed by atoms with van der Waals surface area (Å²) >= 11 is 0. The SMILES string of the molecule is CCOCC(O)CNC1(CO)CCC1. The molecule has 0 radical (unpaired) electrons. The van der Waals surface area contributed by atoms with Crippen molar-refractivity contribution >= 4 is 0 Å². The molecular weight excluding hydrogens is 182 g/mol. The van der Waals surface area contributed by atoms with E-state index in [9.17, 15) is 5.11 Å². The van der Waals surface area contributed by atoms with Gasteiger partial charge in [-0.25, -0.2) is 0 Å². The van der Waals surface area contributed by atoms with Crippen LogP contribution in [0.5, 0.6) is 0 Å². The van der Waals surface area contributed by atoms with Gasteiger partial charge in [0.15, 0.2) is 0 Å². The minimum absolute atomic E-state index is 0.118. The van der Waals surface area contributed by atoms with Gasteiger partial charge < -0.3 is 20.3 Å². The number of β-amino-alcohol motifs (C(OH)–C–C–N with tert-alkyl or cyclic N) is 1. The highest BCUT2D eigenvalue weighted by molar-refractivity contribution is 4.95. The first-order valence-corrected chi connectivity index (χ1v) is 5.34. The van der Waals surface area contributed by atoms with Crippen LogP contribution in [0.4, 0.5) is 0 Å². The molecule has 4 nitrogen and oxygen atoms in total. The number of aliphatic hydroxyl groups excluding tert-OH is 2. The number of rotatable bonds is 7. The van der Waals surface area contributed by atoms with Crippen molar-refractivity contribution in [3.63, 3.8) is 0 Å². The first-order chi connectivity index (χ1) is 6.72. The van der Waals surface area contributed by atoms with Gasteiger partial charge in [0.05, 0.1) is 19.3 Å². The maximum atomic E-state index is 9.49. The predicted octanol–water partition coefficient (Wildman–Crippen LogP) is -0.112. The van der Waals surface area contributed by atoms with Gasteiger partial charge in [0.2, 0.25) is 0 Å².